The summed E-state index contributed by atoms with van der Waals surface area (Å²) < 4.78 is 1.27. The average Bonchev–Trinajstić information content (AvgIpc) is 3.54. The molecule has 0 aromatic carbocycles. The van der Waals surface area contributed by atoms with Crippen LogP contribution in [0.4, 0.5) is 10.8 Å². The van der Waals surface area contributed by atoms with Gasteiger partial charge in [0.25, 0.3) is 11.8 Å². The summed E-state index contributed by atoms with van der Waals surface area (Å²) in [5.74, 6) is -2.12. The zero-order valence-electron chi connectivity index (χ0n) is 18.7. The Hall–Kier alpha value is -3.97. The maximum absolute atomic E-state index is 12.9. The van der Waals surface area contributed by atoms with Gasteiger partial charge in [0.1, 0.15) is 27.8 Å². The number of nitrogen functional groups attached to an aromatic ring is 1. The Morgan fingerprint density at radius 3 is 2.89 bits per heavy atom. The summed E-state index contributed by atoms with van der Waals surface area (Å²) in [6.07, 6.45) is 0. The van der Waals surface area contributed by atoms with Crippen molar-refractivity contribution in [2.24, 2.45) is 5.16 Å². The second-order valence-electron chi connectivity index (χ2n) is 7.56. The van der Waals surface area contributed by atoms with Gasteiger partial charge in [-0.2, -0.15) is 0 Å². The van der Waals surface area contributed by atoms with Gasteiger partial charge in [-0.05, 0) is 22.1 Å². The van der Waals surface area contributed by atoms with Crippen molar-refractivity contribution >= 4 is 74.8 Å². The van der Waals surface area contributed by atoms with E-state index in [1.165, 1.54) is 33.5 Å². The van der Waals surface area contributed by atoms with E-state index in [0.29, 0.717) is 27.7 Å². The molecule has 1 saturated heterocycles. The molecule has 0 aliphatic carbocycles. The molecule has 2 atom stereocenters. The van der Waals surface area contributed by atoms with Crippen molar-refractivity contribution in [3.8, 4) is 0 Å². The predicted molar refractivity (Wildman–Crippen MR) is 133 cm³/mol. The zero-order chi connectivity index (χ0) is 26.3. The van der Waals surface area contributed by atoms with E-state index in [-0.39, 0.29) is 22.3 Å². The maximum atomic E-state index is 12.9. The van der Waals surface area contributed by atoms with E-state index in [0.717, 1.165) is 16.2 Å². The van der Waals surface area contributed by atoms with Crippen LogP contribution in [0.2, 0.25) is 0 Å². The molecule has 0 spiro atoms. The van der Waals surface area contributed by atoms with Crippen LogP contribution in [0, 0.1) is 0 Å². The molecule has 2 amide bonds. The third kappa shape index (κ3) is 4.40. The number of nitrogens with one attached hydrogen (secondary N) is 2. The van der Waals surface area contributed by atoms with Crippen LogP contribution in [0.25, 0.3) is 5.65 Å². The SMILES string of the molecule is CNc1cc(SCC2=C(C(=O)O)N3C(=O)C(NC(=O)C(=NO)c4csc(N)n4)[C@H]3SC2)nn2nnnc12. The monoisotopic (exact) mass is 563 g/mol. The fraction of sp³-hybridized carbons (Fsp3) is 0.278. The highest BCUT2D eigenvalue weighted by atomic mass is 32.2. The number of anilines is 2. The molecule has 192 valence electrons. The van der Waals surface area contributed by atoms with E-state index in [4.69, 9.17) is 5.73 Å². The maximum Gasteiger partial charge on any atom is 0.352 e. The molecule has 16 nitrogen and oxygen atoms in total. The molecule has 5 rings (SSSR count). The van der Waals surface area contributed by atoms with Gasteiger partial charge in [-0.15, -0.1) is 37.9 Å². The molecule has 2 aliphatic heterocycles. The number of nitrogens with two attached hydrogens (primary N) is 1. The number of carbonyl (C=O) groups excluding carboxylic acids is 2. The molecule has 0 radical (unpaired) electrons. The predicted octanol–water partition coefficient (Wildman–Crippen LogP) is -0.691. The normalized spacial score (nSPS) is 19.5. The number of thiazole rings is 1. The highest BCUT2D eigenvalue weighted by molar-refractivity contribution is 8.01. The largest absolute Gasteiger partial charge is 0.477 e. The Kier molecular flexibility index (Phi) is 6.56. The minimum absolute atomic E-state index is 0.0581. The molecule has 5 heterocycles. The van der Waals surface area contributed by atoms with Crippen LogP contribution in [-0.4, -0.2) is 98.9 Å². The Labute approximate surface area is 219 Å². The number of oxime groups is 1. The van der Waals surface area contributed by atoms with Crippen LogP contribution in [-0.2, 0) is 14.4 Å². The third-order valence-electron chi connectivity index (χ3n) is 5.44. The Bertz CT molecular complexity index is 1480. The van der Waals surface area contributed by atoms with Crippen molar-refractivity contribution in [2.45, 2.75) is 16.4 Å². The number of β-lactam (4-membered cyclic amide) rings is 1. The first-order chi connectivity index (χ1) is 17.8. The van der Waals surface area contributed by atoms with Gasteiger partial charge in [-0.1, -0.05) is 16.9 Å². The van der Waals surface area contributed by atoms with Crippen molar-refractivity contribution in [3.05, 3.63) is 28.4 Å². The minimum atomic E-state index is -1.26. The molecule has 0 bridgehead atoms. The molecule has 6 N–H and O–H groups in total. The average molecular weight is 564 g/mol. The minimum Gasteiger partial charge on any atom is -0.477 e. The Morgan fingerprint density at radius 2 is 2.22 bits per heavy atom. The van der Waals surface area contributed by atoms with Crippen LogP contribution in [0.5, 0.6) is 0 Å². The summed E-state index contributed by atoms with van der Waals surface area (Å²) in [7, 11) is 1.72. The number of rotatable bonds is 8. The first-order valence-corrected chi connectivity index (χ1v) is 13.3. The first kappa shape index (κ1) is 24.7. The number of fused-ring (bicyclic) bond motifs is 2. The van der Waals surface area contributed by atoms with E-state index in [1.54, 1.807) is 13.1 Å². The van der Waals surface area contributed by atoms with Crippen LogP contribution >= 0.6 is 34.9 Å². The number of hydrogen-bond donors (Lipinski definition) is 5. The van der Waals surface area contributed by atoms with Crippen LogP contribution in [0.1, 0.15) is 5.69 Å². The molecule has 2 aliphatic rings. The van der Waals surface area contributed by atoms with Crippen molar-refractivity contribution in [2.75, 3.05) is 29.6 Å². The Balaban J connectivity index is 1.31. The van der Waals surface area contributed by atoms with Crippen molar-refractivity contribution in [1.29, 1.82) is 0 Å². The summed E-state index contributed by atoms with van der Waals surface area (Å²) >= 11 is 3.64. The lowest BCUT2D eigenvalue weighted by Crippen LogP contribution is -2.71. The highest BCUT2D eigenvalue weighted by Crippen LogP contribution is 2.41. The number of carboxylic acid groups (broad SMARTS) is 1. The van der Waals surface area contributed by atoms with E-state index >= 15 is 0 Å². The van der Waals surface area contributed by atoms with Gasteiger partial charge in [-0.25, -0.2) is 9.78 Å². The van der Waals surface area contributed by atoms with Gasteiger partial charge in [0.2, 0.25) is 5.65 Å². The van der Waals surface area contributed by atoms with Crippen molar-refractivity contribution in [3.63, 3.8) is 0 Å². The van der Waals surface area contributed by atoms with Gasteiger partial charge >= 0.3 is 5.97 Å². The lowest BCUT2D eigenvalue weighted by molar-refractivity contribution is -0.150. The zero-order valence-corrected chi connectivity index (χ0v) is 21.2. The number of tetrazole rings is 1. The van der Waals surface area contributed by atoms with E-state index < -0.39 is 34.9 Å². The molecule has 37 heavy (non-hydrogen) atoms. The molecule has 3 aromatic heterocycles. The number of hydrogen-bond acceptors (Lipinski definition) is 15. The topological polar surface area (TPSA) is 226 Å². The Morgan fingerprint density at radius 1 is 1.41 bits per heavy atom. The standard InChI is InChI=1S/C18H17N11O5S3/c1-20-7-2-9(24-29-13(7)23-26-27-29)35-3-6-4-36-16-11(15(31)28(16)12(6)17(32)33)22-14(30)10(25-34)8-5-37-18(19)21-8/h2,5,11,16,20,34H,3-4H2,1H3,(H2,19,21)(H,22,30)(H,32,33)/t11?,16-/m1/s1. The molecule has 3 aromatic rings. The molecule has 1 fully saturated rings. The summed E-state index contributed by atoms with van der Waals surface area (Å²) in [6.45, 7) is 0. The number of nitrogens with zero attached hydrogens (tertiary/aromatic N) is 8. The van der Waals surface area contributed by atoms with Gasteiger partial charge < -0.3 is 26.7 Å². The molecular weight excluding hydrogens is 546 g/mol. The van der Waals surface area contributed by atoms with E-state index in [1.807, 2.05) is 0 Å². The third-order valence-corrected chi connectivity index (χ3v) is 8.44. The molecular formula is C18H17N11O5S3. The fourth-order valence-electron chi connectivity index (χ4n) is 3.75. The quantitative estimate of drug-likeness (QED) is 0.0751. The number of carboxylic acids is 1. The lowest BCUT2D eigenvalue weighted by Gasteiger charge is -2.49. The molecule has 0 saturated carbocycles. The summed E-state index contributed by atoms with van der Waals surface area (Å²) in [6, 6.07) is 0.739. The fourth-order valence-corrected chi connectivity index (χ4v) is 6.67. The number of aliphatic carboxylic acids is 1. The van der Waals surface area contributed by atoms with Crippen molar-refractivity contribution < 1.29 is 24.7 Å². The van der Waals surface area contributed by atoms with E-state index in [9.17, 15) is 24.7 Å². The number of amides is 2. The van der Waals surface area contributed by atoms with Gasteiger partial charge in [0.05, 0.1) is 5.69 Å². The van der Waals surface area contributed by atoms with Crippen LogP contribution in [0.3, 0.4) is 0 Å². The molecule has 1 unspecified atom stereocenters. The summed E-state index contributed by atoms with van der Waals surface area (Å²) in [5.41, 5.74) is 6.71. The summed E-state index contributed by atoms with van der Waals surface area (Å²) in [5, 5.41) is 44.8. The number of aromatic nitrogens is 6. The number of thioether (sulfide) groups is 2. The van der Waals surface area contributed by atoms with Gasteiger partial charge in [-0.3, -0.25) is 14.5 Å². The van der Waals surface area contributed by atoms with Gasteiger partial charge in [0.15, 0.2) is 10.8 Å². The van der Waals surface area contributed by atoms with E-state index in [2.05, 4.69) is 41.4 Å². The van der Waals surface area contributed by atoms with Crippen molar-refractivity contribution in [1.82, 2.24) is 40.5 Å². The smallest absolute Gasteiger partial charge is 0.352 e. The number of carbonyl (C=O) groups is 3. The second-order valence-corrected chi connectivity index (χ2v) is 10.6. The highest BCUT2D eigenvalue weighted by Gasteiger charge is 2.54. The van der Waals surface area contributed by atoms with Crippen LogP contribution in [0.15, 0.2) is 32.9 Å². The second kappa shape index (κ2) is 9.82. The molecule has 19 heteroatoms. The summed E-state index contributed by atoms with van der Waals surface area (Å²) in [4.78, 5) is 42.8. The van der Waals surface area contributed by atoms with Gasteiger partial charge in [0, 0.05) is 23.9 Å². The first-order valence-electron chi connectivity index (χ1n) is 10.4. The van der Waals surface area contributed by atoms with Crippen LogP contribution < -0.4 is 16.4 Å². The lowest BCUT2D eigenvalue weighted by atomic mass is 10.0.